The molecule has 0 bridgehead atoms. The minimum absolute atomic E-state index is 0.131. The van der Waals surface area contributed by atoms with Crippen molar-refractivity contribution in [2.45, 2.75) is 12.8 Å². The zero-order valence-electron chi connectivity index (χ0n) is 16.3. The van der Waals surface area contributed by atoms with E-state index in [-0.39, 0.29) is 18.4 Å². The van der Waals surface area contributed by atoms with Crippen LogP contribution in [0, 0.1) is 6.92 Å². The monoisotopic (exact) mass is 430 g/mol. The molecule has 13 heteroatoms. The first-order valence-electron chi connectivity index (χ1n) is 8.97. The average Bonchev–Trinajstić information content (AvgIpc) is 3.34. The second kappa shape index (κ2) is 9.58. The lowest BCUT2D eigenvalue weighted by Gasteiger charge is -2.36. The summed E-state index contributed by atoms with van der Waals surface area (Å²) in [6.45, 7) is 3.44. The zero-order valence-corrected chi connectivity index (χ0v) is 16.3. The van der Waals surface area contributed by atoms with Crippen LogP contribution < -0.4 is 5.32 Å². The lowest BCUT2D eigenvalue weighted by molar-refractivity contribution is -0.159. The van der Waals surface area contributed by atoms with Crippen LogP contribution in [-0.2, 0) is 14.4 Å². The molecule has 1 saturated heterocycles. The van der Waals surface area contributed by atoms with Crippen LogP contribution >= 0.6 is 0 Å². The minimum Gasteiger partial charge on any atom is -0.473 e. The first-order valence-corrected chi connectivity index (χ1v) is 8.97. The summed E-state index contributed by atoms with van der Waals surface area (Å²) < 4.78 is 10.3. The summed E-state index contributed by atoms with van der Waals surface area (Å²) in [4.78, 5) is 40.6. The number of carboxylic acids is 2. The zero-order chi connectivity index (χ0) is 22.4. The van der Waals surface area contributed by atoms with E-state index >= 15 is 0 Å². The molecule has 0 saturated carbocycles. The topological polar surface area (TPSA) is 185 Å². The Morgan fingerprint density at radius 2 is 1.94 bits per heavy atom. The highest BCUT2D eigenvalue weighted by Gasteiger charge is 2.33. The maximum absolute atomic E-state index is 12.0. The van der Waals surface area contributed by atoms with Crippen molar-refractivity contribution in [1.82, 2.24) is 25.2 Å². The van der Waals surface area contributed by atoms with Gasteiger partial charge in [-0.1, -0.05) is 10.3 Å². The highest BCUT2D eigenvalue weighted by Crippen LogP contribution is 2.27. The lowest BCUT2D eigenvalue weighted by atomic mass is 10.0. The fourth-order valence-electron chi connectivity index (χ4n) is 2.68. The lowest BCUT2D eigenvalue weighted by Crippen LogP contribution is -2.48. The molecule has 1 aliphatic rings. The van der Waals surface area contributed by atoms with E-state index in [0.717, 1.165) is 5.56 Å². The molecule has 4 heterocycles. The number of nitrogens with one attached hydrogen (secondary N) is 1. The third-order valence-corrected chi connectivity index (χ3v) is 4.11. The molecule has 0 aliphatic carbocycles. The smallest absolute Gasteiger partial charge is 0.414 e. The first kappa shape index (κ1) is 21.6. The fraction of sp³-hybridized carbons (Fsp3) is 0.278. The number of aryl methyl sites for hydroxylation is 1. The number of nitrogens with zero attached hydrogens (tertiary/aromatic N) is 5. The molecule has 1 amide bonds. The van der Waals surface area contributed by atoms with Gasteiger partial charge >= 0.3 is 11.9 Å². The van der Waals surface area contributed by atoms with Gasteiger partial charge in [-0.3, -0.25) is 14.7 Å². The van der Waals surface area contributed by atoms with Gasteiger partial charge in [0.25, 0.3) is 0 Å². The van der Waals surface area contributed by atoms with Gasteiger partial charge in [0.15, 0.2) is 5.82 Å². The Bertz CT molecular complexity index is 1050. The van der Waals surface area contributed by atoms with E-state index in [1.54, 1.807) is 25.4 Å². The van der Waals surface area contributed by atoms with Crippen LogP contribution in [0.1, 0.15) is 17.6 Å². The van der Waals surface area contributed by atoms with Crippen LogP contribution in [0.2, 0.25) is 0 Å². The van der Waals surface area contributed by atoms with E-state index in [9.17, 15) is 4.79 Å². The van der Waals surface area contributed by atoms with Gasteiger partial charge in [0, 0.05) is 37.1 Å². The third-order valence-electron chi connectivity index (χ3n) is 4.11. The van der Waals surface area contributed by atoms with Gasteiger partial charge in [-0.25, -0.2) is 9.59 Å². The van der Waals surface area contributed by atoms with Gasteiger partial charge in [0.05, 0.1) is 12.5 Å². The van der Waals surface area contributed by atoms with Gasteiger partial charge in [0.2, 0.25) is 17.6 Å². The van der Waals surface area contributed by atoms with Gasteiger partial charge in [-0.05, 0) is 19.1 Å². The number of hydrogen-bond donors (Lipinski definition) is 3. The second-order valence-corrected chi connectivity index (χ2v) is 6.57. The maximum Gasteiger partial charge on any atom is 0.414 e. The van der Waals surface area contributed by atoms with Crippen LogP contribution in [0.15, 0.2) is 39.6 Å². The van der Waals surface area contributed by atoms with Crippen molar-refractivity contribution in [1.29, 1.82) is 0 Å². The Hall–Kier alpha value is -4.13. The summed E-state index contributed by atoms with van der Waals surface area (Å²) in [5.74, 6) is -1.45. The Morgan fingerprint density at radius 3 is 2.52 bits per heavy atom. The molecule has 4 rings (SSSR count). The number of carbonyl (C=O) groups is 3. The largest absolute Gasteiger partial charge is 0.473 e. The SMILES string of the molecule is Cc1cc(NC(=O)CN2CC(c3nc(-c4cccnc4)no3)C2)no1.O=C(O)C(=O)O. The van der Waals surface area contributed by atoms with Crippen LogP contribution in [0.5, 0.6) is 0 Å². The first-order chi connectivity index (χ1) is 14.8. The number of pyridine rings is 1. The van der Waals surface area contributed by atoms with Crippen molar-refractivity contribution in [3.63, 3.8) is 0 Å². The molecular formula is C18H18N6O7. The maximum atomic E-state index is 12.0. The normalized spacial score (nSPS) is 13.6. The van der Waals surface area contributed by atoms with Crippen molar-refractivity contribution in [3.05, 3.63) is 42.2 Å². The van der Waals surface area contributed by atoms with Crippen molar-refractivity contribution < 1.29 is 33.6 Å². The van der Waals surface area contributed by atoms with Crippen LogP contribution in [0.4, 0.5) is 5.82 Å². The van der Waals surface area contributed by atoms with Gasteiger partial charge in [0.1, 0.15) is 5.76 Å². The van der Waals surface area contributed by atoms with Crippen molar-refractivity contribution in [2.75, 3.05) is 25.0 Å². The minimum atomic E-state index is -1.82. The number of carboxylic acid groups (broad SMARTS) is 2. The predicted molar refractivity (Wildman–Crippen MR) is 102 cm³/mol. The molecule has 162 valence electrons. The van der Waals surface area contributed by atoms with Crippen molar-refractivity contribution >= 4 is 23.7 Å². The Morgan fingerprint density at radius 1 is 1.19 bits per heavy atom. The standard InChI is InChI=1S/C16H16N6O3.C2H2O4/c1-10-5-13(20-24-10)18-14(23)9-22-7-12(8-22)16-19-15(21-25-16)11-3-2-4-17-6-11;3-1(4)2(5)6/h2-6,12H,7-9H2,1H3,(H,18,20,23);(H,3,4)(H,5,6). The van der Waals surface area contributed by atoms with E-state index in [1.165, 1.54) is 0 Å². The summed E-state index contributed by atoms with van der Waals surface area (Å²) >= 11 is 0. The molecule has 3 aromatic heterocycles. The molecule has 1 fully saturated rings. The molecule has 0 spiro atoms. The number of aromatic nitrogens is 4. The number of amides is 1. The van der Waals surface area contributed by atoms with Crippen LogP contribution in [0.25, 0.3) is 11.4 Å². The Balaban J connectivity index is 0.000000401. The number of hydrogen-bond acceptors (Lipinski definition) is 10. The molecule has 13 nitrogen and oxygen atoms in total. The van der Waals surface area contributed by atoms with Gasteiger partial charge in [-0.15, -0.1) is 0 Å². The molecule has 1 aliphatic heterocycles. The molecule has 3 N–H and O–H groups in total. The summed E-state index contributed by atoms with van der Waals surface area (Å²) in [6.07, 6.45) is 3.39. The van der Waals surface area contributed by atoms with Gasteiger partial charge in [-0.2, -0.15) is 4.98 Å². The molecule has 0 radical (unpaired) electrons. The summed E-state index contributed by atoms with van der Waals surface area (Å²) in [7, 11) is 0. The number of carbonyl (C=O) groups excluding carboxylic acids is 1. The number of rotatable bonds is 5. The molecule has 3 aromatic rings. The third kappa shape index (κ3) is 5.93. The van der Waals surface area contributed by atoms with E-state index in [0.29, 0.717) is 36.4 Å². The summed E-state index contributed by atoms with van der Waals surface area (Å²) in [5.41, 5.74) is 0.816. The van der Waals surface area contributed by atoms with Crippen molar-refractivity contribution in [2.24, 2.45) is 0 Å². The van der Waals surface area contributed by atoms with E-state index in [2.05, 4.69) is 25.6 Å². The van der Waals surface area contributed by atoms with E-state index < -0.39 is 11.9 Å². The van der Waals surface area contributed by atoms with E-state index in [1.807, 2.05) is 17.0 Å². The number of aliphatic carboxylic acids is 2. The summed E-state index contributed by atoms with van der Waals surface area (Å²) in [5, 5.41) is 25.2. The molecule has 0 aromatic carbocycles. The van der Waals surface area contributed by atoms with Gasteiger partial charge < -0.3 is 24.6 Å². The molecular weight excluding hydrogens is 412 g/mol. The molecule has 0 unspecified atom stereocenters. The number of anilines is 1. The second-order valence-electron chi connectivity index (χ2n) is 6.57. The predicted octanol–water partition coefficient (Wildman–Crippen LogP) is 0.622. The highest BCUT2D eigenvalue weighted by molar-refractivity contribution is 6.27. The Labute approximate surface area is 174 Å². The molecule has 31 heavy (non-hydrogen) atoms. The van der Waals surface area contributed by atoms with Crippen LogP contribution in [0.3, 0.4) is 0 Å². The Kier molecular flexibility index (Phi) is 6.67. The average molecular weight is 430 g/mol. The quantitative estimate of drug-likeness (QED) is 0.480. The molecule has 0 atom stereocenters. The summed E-state index contributed by atoms with van der Waals surface area (Å²) in [6, 6.07) is 5.38. The highest BCUT2D eigenvalue weighted by atomic mass is 16.5. The van der Waals surface area contributed by atoms with Crippen molar-refractivity contribution in [3.8, 4) is 11.4 Å². The van der Waals surface area contributed by atoms with Crippen LogP contribution in [-0.4, -0.2) is 72.9 Å². The fourth-order valence-corrected chi connectivity index (χ4v) is 2.68. The van der Waals surface area contributed by atoms with E-state index in [4.69, 9.17) is 28.8 Å². The number of likely N-dealkylation sites (tertiary alicyclic amines) is 1.